The second kappa shape index (κ2) is 20.7. The summed E-state index contributed by atoms with van der Waals surface area (Å²) in [4.78, 5) is 45.2. The molecule has 5 aromatic carbocycles. The number of hydrogen-bond donors (Lipinski definition) is 4. The van der Waals surface area contributed by atoms with Crippen molar-refractivity contribution < 1.29 is 19.1 Å². The fourth-order valence-corrected chi connectivity index (χ4v) is 7.23. The second-order valence-corrected chi connectivity index (χ2v) is 16.4. The van der Waals surface area contributed by atoms with Gasteiger partial charge in [0, 0.05) is 28.6 Å². The van der Waals surface area contributed by atoms with E-state index < -0.39 is 5.91 Å². The fraction of sp³-hybridized carbons (Fsp3) is 0.122. The summed E-state index contributed by atoms with van der Waals surface area (Å²) in [6.07, 6.45) is 3.47. The molecule has 0 aliphatic heterocycles. The molecule has 2 amide bonds. The van der Waals surface area contributed by atoms with Gasteiger partial charge in [0.15, 0.2) is 0 Å². The standard InChI is InChI=1S/C25H21Cl2N3O2.C24H20Cl2N4O2/c1-15(2)32-18-9-10-19(22(27)13-18)25(31)29-17-8-11-21(26)20(12-17)24-28-14-23(30-24)16-6-4-3-5-7-16;1-14(2)32-21-11-9-17(22(26)30-21)24(31)28-16-8-10-19(25)18(12-16)23-27-13-20(29-23)15-6-4-3-5-7-15/h3-15H,1-2H3,(H,28,30)(H,29,31);3-14H,1-2H3,(H,27,29)(H,28,31). The molecule has 0 saturated heterocycles. The number of amides is 2. The second-order valence-electron chi connectivity index (χ2n) is 14.8. The Kier molecular flexibility index (Phi) is 14.7. The average Bonchev–Trinajstić information content (AvgIpc) is 3.97. The van der Waals surface area contributed by atoms with E-state index in [0.29, 0.717) is 66.4 Å². The van der Waals surface area contributed by atoms with Crippen molar-refractivity contribution in [3.8, 4) is 56.9 Å². The molecule has 64 heavy (non-hydrogen) atoms. The Morgan fingerprint density at radius 2 is 1.03 bits per heavy atom. The van der Waals surface area contributed by atoms with Gasteiger partial charge in [0.25, 0.3) is 11.8 Å². The van der Waals surface area contributed by atoms with Crippen LogP contribution in [0.3, 0.4) is 0 Å². The molecule has 11 nitrogen and oxygen atoms in total. The Hall–Kier alpha value is -6.63. The highest BCUT2D eigenvalue weighted by Gasteiger charge is 2.18. The molecule has 0 unspecified atom stereocenters. The van der Waals surface area contributed by atoms with E-state index in [0.717, 1.165) is 22.5 Å². The Balaban J connectivity index is 0.000000191. The highest BCUT2D eigenvalue weighted by Crippen LogP contribution is 2.33. The lowest BCUT2D eigenvalue weighted by molar-refractivity contribution is 0.101. The molecule has 8 rings (SSSR count). The van der Waals surface area contributed by atoms with Crippen LogP contribution in [0, 0.1) is 0 Å². The van der Waals surface area contributed by atoms with Crippen molar-refractivity contribution in [2.75, 3.05) is 10.6 Å². The van der Waals surface area contributed by atoms with Crippen LogP contribution in [0.25, 0.3) is 45.3 Å². The molecule has 8 aromatic rings. The van der Waals surface area contributed by atoms with E-state index in [1.807, 2.05) is 88.4 Å². The van der Waals surface area contributed by atoms with Gasteiger partial charge in [-0.1, -0.05) is 107 Å². The third-order valence-corrected chi connectivity index (χ3v) is 10.5. The van der Waals surface area contributed by atoms with Crippen molar-refractivity contribution >= 4 is 69.6 Å². The van der Waals surface area contributed by atoms with E-state index in [-0.39, 0.29) is 28.8 Å². The summed E-state index contributed by atoms with van der Waals surface area (Å²) in [7, 11) is 0. The minimum Gasteiger partial charge on any atom is -0.491 e. The number of benzene rings is 5. The van der Waals surface area contributed by atoms with Gasteiger partial charge < -0.3 is 30.1 Å². The molecule has 3 heterocycles. The van der Waals surface area contributed by atoms with E-state index in [1.165, 1.54) is 0 Å². The molecule has 0 radical (unpaired) electrons. The Morgan fingerprint density at radius 3 is 1.50 bits per heavy atom. The van der Waals surface area contributed by atoms with Gasteiger partial charge in [-0.25, -0.2) is 15.0 Å². The maximum Gasteiger partial charge on any atom is 0.258 e. The zero-order chi connectivity index (χ0) is 45.3. The Bertz CT molecular complexity index is 2710. The number of aromatic nitrogens is 5. The monoisotopic (exact) mass is 931 g/mol. The average molecular weight is 934 g/mol. The lowest BCUT2D eigenvalue weighted by Gasteiger charge is -2.12. The van der Waals surface area contributed by atoms with Gasteiger partial charge in [0.05, 0.1) is 62.2 Å². The van der Waals surface area contributed by atoms with Crippen LogP contribution in [-0.2, 0) is 0 Å². The highest BCUT2D eigenvalue weighted by atomic mass is 35.5. The minimum atomic E-state index is -0.392. The van der Waals surface area contributed by atoms with Crippen molar-refractivity contribution in [2.45, 2.75) is 39.9 Å². The minimum absolute atomic E-state index is 0.0160. The first-order valence-corrected chi connectivity index (χ1v) is 21.5. The summed E-state index contributed by atoms with van der Waals surface area (Å²) in [5, 5.41) is 7.10. The summed E-state index contributed by atoms with van der Waals surface area (Å²) >= 11 is 25.3. The molecule has 0 aliphatic rings. The number of hydrogen-bond acceptors (Lipinski definition) is 7. The number of nitrogens with zero attached hydrogens (tertiary/aromatic N) is 3. The van der Waals surface area contributed by atoms with Crippen LogP contribution in [0.15, 0.2) is 140 Å². The van der Waals surface area contributed by atoms with Gasteiger partial charge in [-0.15, -0.1) is 0 Å². The predicted octanol–water partition coefficient (Wildman–Crippen LogP) is 13.6. The first-order valence-electron chi connectivity index (χ1n) is 20.0. The number of nitrogens with one attached hydrogen (secondary N) is 4. The van der Waals surface area contributed by atoms with Crippen LogP contribution in [-0.4, -0.2) is 48.9 Å². The highest BCUT2D eigenvalue weighted by molar-refractivity contribution is 6.35. The Morgan fingerprint density at radius 1 is 0.547 bits per heavy atom. The molecule has 15 heteroatoms. The lowest BCUT2D eigenvalue weighted by Crippen LogP contribution is -2.14. The van der Waals surface area contributed by atoms with Crippen LogP contribution in [0.2, 0.25) is 20.2 Å². The van der Waals surface area contributed by atoms with Gasteiger partial charge >= 0.3 is 0 Å². The zero-order valence-corrected chi connectivity index (χ0v) is 37.9. The largest absolute Gasteiger partial charge is 0.491 e. The normalized spacial score (nSPS) is 10.9. The van der Waals surface area contributed by atoms with Crippen LogP contribution in [0.4, 0.5) is 11.4 Å². The van der Waals surface area contributed by atoms with Crippen molar-refractivity contribution in [1.29, 1.82) is 0 Å². The molecule has 4 N–H and O–H groups in total. The first kappa shape index (κ1) is 45.4. The van der Waals surface area contributed by atoms with E-state index >= 15 is 0 Å². The van der Waals surface area contributed by atoms with Gasteiger partial charge in [0.2, 0.25) is 5.88 Å². The van der Waals surface area contributed by atoms with Crippen LogP contribution < -0.4 is 20.1 Å². The number of rotatable bonds is 12. The first-order chi connectivity index (χ1) is 30.8. The van der Waals surface area contributed by atoms with Crippen LogP contribution in [0.5, 0.6) is 11.6 Å². The molecule has 0 aliphatic carbocycles. The number of anilines is 2. The van der Waals surface area contributed by atoms with E-state index in [4.69, 9.17) is 55.9 Å². The summed E-state index contributed by atoms with van der Waals surface area (Å²) in [5.41, 5.74) is 6.83. The molecule has 0 fully saturated rings. The zero-order valence-electron chi connectivity index (χ0n) is 34.9. The van der Waals surface area contributed by atoms with Crippen molar-refractivity contribution in [3.05, 3.63) is 171 Å². The maximum atomic E-state index is 12.8. The number of carbonyl (C=O) groups excluding carboxylic acids is 2. The SMILES string of the molecule is CC(C)Oc1ccc(C(=O)Nc2ccc(Cl)c(-c3ncc(-c4ccccc4)[nH]3)c2)c(Cl)c1.CC(C)Oc1ccc(C(=O)Nc2ccc(Cl)c(-c3ncc(-c4ccccc4)[nH]3)c2)c(Cl)n1. The quantitative estimate of drug-likeness (QED) is 0.0892. The number of halogens is 4. The summed E-state index contributed by atoms with van der Waals surface area (Å²) in [6, 6.07) is 38.3. The Labute approximate surface area is 390 Å². The molecule has 3 aromatic heterocycles. The van der Waals surface area contributed by atoms with Gasteiger partial charge in [0.1, 0.15) is 22.6 Å². The number of pyridine rings is 1. The molecule has 0 atom stereocenters. The van der Waals surface area contributed by atoms with Crippen LogP contribution in [0.1, 0.15) is 48.4 Å². The third kappa shape index (κ3) is 11.5. The van der Waals surface area contributed by atoms with E-state index in [9.17, 15) is 9.59 Å². The van der Waals surface area contributed by atoms with Gasteiger partial charge in [-0.2, -0.15) is 0 Å². The predicted molar refractivity (Wildman–Crippen MR) is 257 cm³/mol. The molecular weight excluding hydrogens is 892 g/mol. The van der Waals surface area contributed by atoms with E-state index in [1.54, 1.807) is 79.1 Å². The number of H-pyrrole nitrogens is 2. The molecule has 0 spiro atoms. The molecule has 0 saturated carbocycles. The lowest BCUT2D eigenvalue weighted by atomic mass is 10.1. The third-order valence-electron chi connectivity index (χ3n) is 9.26. The van der Waals surface area contributed by atoms with Crippen molar-refractivity contribution in [1.82, 2.24) is 24.9 Å². The van der Waals surface area contributed by atoms with Crippen molar-refractivity contribution in [3.63, 3.8) is 0 Å². The van der Waals surface area contributed by atoms with E-state index in [2.05, 4.69) is 35.6 Å². The summed E-state index contributed by atoms with van der Waals surface area (Å²) < 4.78 is 11.1. The van der Waals surface area contributed by atoms with Crippen LogP contribution >= 0.6 is 46.4 Å². The number of aromatic amines is 2. The molecular formula is C49H41Cl4N7O4. The summed E-state index contributed by atoms with van der Waals surface area (Å²) in [5.74, 6) is 1.46. The number of carbonyl (C=O) groups is 2. The van der Waals surface area contributed by atoms with Crippen molar-refractivity contribution in [2.24, 2.45) is 0 Å². The molecule has 324 valence electrons. The number of imidazole rings is 2. The topological polar surface area (TPSA) is 147 Å². The number of ether oxygens (including phenoxy) is 2. The summed E-state index contributed by atoms with van der Waals surface area (Å²) in [6.45, 7) is 7.62. The smallest absolute Gasteiger partial charge is 0.258 e. The maximum absolute atomic E-state index is 12.8. The van der Waals surface area contributed by atoms with Gasteiger partial charge in [-0.3, -0.25) is 9.59 Å². The fourth-order valence-electron chi connectivity index (χ4n) is 6.33. The van der Waals surface area contributed by atoms with Gasteiger partial charge in [-0.05, 0) is 99.5 Å². The molecule has 0 bridgehead atoms.